The molecular formula is C14H16F3NO4S. The largest absolute Gasteiger partial charge is 0.432 e. The molecule has 128 valence electrons. The first-order valence-electron chi connectivity index (χ1n) is 6.98. The zero-order valence-electron chi connectivity index (χ0n) is 12.1. The van der Waals surface area contributed by atoms with Crippen molar-refractivity contribution in [1.82, 2.24) is 4.72 Å². The fourth-order valence-corrected chi connectivity index (χ4v) is 3.83. The Morgan fingerprint density at radius 1 is 1.35 bits per heavy atom. The van der Waals surface area contributed by atoms with Crippen LogP contribution in [0.1, 0.15) is 31.2 Å². The van der Waals surface area contributed by atoms with Gasteiger partial charge in [0.1, 0.15) is 6.29 Å². The van der Waals surface area contributed by atoms with Crippen LogP contribution in [0.25, 0.3) is 0 Å². The lowest BCUT2D eigenvalue weighted by atomic mass is 10.1. The first kappa shape index (κ1) is 17.7. The van der Waals surface area contributed by atoms with E-state index in [0.717, 1.165) is 12.1 Å². The maximum Gasteiger partial charge on any atom is 0.387 e. The second-order valence-corrected chi connectivity index (χ2v) is 7.18. The van der Waals surface area contributed by atoms with E-state index in [9.17, 15) is 26.4 Å². The molecule has 5 nitrogen and oxygen atoms in total. The van der Waals surface area contributed by atoms with Crippen molar-refractivity contribution >= 4 is 16.3 Å². The highest BCUT2D eigenvalue weighted by atomic mass is 32.2. The van der Waals surface area contributed by atoms with Crippen LogP contribution in [0.2, 0.25) is 0 Å². The minimum absolute atomic E-state index is 0.136. The lowest BCUT2D eigenvalue weighted by Gasteiger charge is -2.19. The third kappa shape index (κ3) is 4.68. The van der Waals surface area contributed by atoms with Crippen molar-refractivity contribution in [2.75, 3.05) is 5.75 Å². The summed E-state index contributed by atoms with van der Waals surface area (Å²) >= 11 is 0. The van der Waals surface area contributed by atoms with E-state index in [1.807, 2.05) is 0 Å². The Labute approximate surface area is 131 Å². The monoisotopic (exact) mass is 351 g/mol. The smallest absolute Gasteiger partial charge is 0.387 e. The van der Waals surface area contributed by atoms with E-state index >= 15 is 0 Å². The zero-order chi connectivity index (χ0) is 17.1. The molecule has 1 fully saturated rings. The molecule has 2 rings (SSSR count). The van der Waals surface area contributed by atoms with E-state index in [0.29, 0.717) is 24.7 Å². The fraction of sp³-hybridized carbons (Fsp3) is 0.500. The number of unbranched alkanes of at least 4 members (excludes halogenated alkanes) is 1. The topological polar surface area (TPSA) is 72.5 Å². The summed E-state index contributed by atoms with van der Waals surface area (Å²) in [7, 11) is -3.63. The molecule has 1 saturated carbocycles. The Morgan fingerprint density at radius 3 is 2.61 bits per heavy atom. The van der Waals surface area contributed by atoms with Gasteiger partial charge in [0.05, 0.1) is 11.3 Å². The maximum atomic E-state index is 13.5. The molecule has 1 N–H and O–H groups in total. The molecule has 1 aliphatic rings. The number of hydrogen-bond donors (Lipinski definition) is 1. The van der Waals surface area contributed by atoms with Crippen LogP contribution >= 0.6 is 0 Å². The number of alkyl halides is 2. The molecule has 0 amide bonds. The summed E-state index contributed by atoms with van der Waals surface area (Å²) in [5.74, 6) is -1.78. The highest BCUT2D eigenvalue weighted by Gasteiger charge is 2.47. The van der Waals surface area contributed by atoms with E-state index < -0.39 is 33.7 Å². The van der Waals surface area contributed by atoms with Crippen LogP contribution in [0.15, 0.2) is 18.2 Å². The number of carbonyl (C=O) groups is 1. The van der Waals surface area contributed by atoms with E-state index in [-0.39, 0.29) is 18.6 Å². The lowest BCUT2D eigenvalue weighted by Crippen LogP contribution is -2.36. The lowest BCUT2D eigenvalue weighted by molar-refractivity contribution is -0.107. The molecule has 0 saturated heterocycles. The first-order chi connectivity index (χ1) is 10.8. The number of hydrogen-bond acceptors (Lipinski definition) is 4. The van der Waals surface area contributed by atoms with Crippen molar-refractivity contribution in [3.05, 3.63) is 29.6 Å². The Bertz CT molecular complexity index is 675. The maximum absolute atomic E-state index is 13.5. The van der Waals surface area contributed by atoms with Gasteiger partial charge < -0.3 is 9.53 Å². The molecule has 0 radical (unpaired) electrons. The molecule has 0 heterocycles. The summed E-state index contributed by atoms with van der Waals surface area (Å²) in [6, 6.07) is 3.39. The molecule has 1 aliphatic carbocycles. The molecule has 0 aliphatic heterocycles. The number of nitrogens with one attached hydrogen (secondary N) is 1. The summed E-state index contributed by atoms with van der Waals surface area (Å²) in [5, 5.41) is 0. The molecule has 0 bridgehead atoms. The van der Waals surface area contributed by atoms with Gasteiger partial charge in [0.15, 0.2) is 11.6 Å². The molecule has 0 atom stereocenters. The second-order valence-electron chi connectivity index (χ2n) is 5.34. The molecule has 23 heavy (non-hydrogen) atoms. The number of carbonyl (C=O) groups excluding carboxylic acids is 1. The van der Waals surface area contributed by atoms with Gasteiger partial charge in [0, 0.05) is 6.42 Å². The average Bonchev–Trinajstić information content (AvgIpc) is 3.21. The van der Waals surface area contributed by atoms with Gasteiger partial charge in [-0.25, -0.2) is 17.5 Å². The van der Waals surface area contributed by atoms with Crippen LogP contribution in [0, 0.1) is 5.82 Å². The minimum Gasteiger partial charge on any atom is -0.432 e. The predicted octanol–water partition coefficient (Wildman–Crippen LogP) is 2.31. The van der Waals surface area contributed by atoms with Gasteiger partial charge in [0.25, 0.3) is 0 Å². The molecule has 9 heteroatoms. The average molecular weight is 351 g/mol. The van der Waals surface area contributed by atoms with E-state index in [1.54, 1.807) is 0 Å². The molecule has 0 unspecified atom stereocenters. The fourth-order valence-electron chi connectivity index (χ4n) is 2.27. The Balaban J connectivity index is 2.15. The van der Waals surface area contributed by atoms with Crippen molar-refractivity contribution in [2.24, 2.45) is 0 Å². The summed E-state index contributed by atoms with van der Waals surface area (Å²) in [6.45, 7) is -3.17. The normalized spacial score (nSPS) is 16.3. The first-order valence-corrected chi connectivity index (χ1v) is 8.63. The molecule has 1 aromatic rings. The predicted molar refractivity (Wildman–Crippen MR) is 76.2 cm³/mol. The van der Waals surface area contributed by atoms with Crippen LogP contribution in [0.5, 0.6) is 5.75 Å². The van der Waals surface area contributed by atoms with Crippen molar-refractivity contribution < 1.29 is 31.1 Å². The molecule has 1 aromatic carbocycles. The second kappa shape index (κ2) is 6.88. The summed E-state index contributed by atoms with van der Waals surface area (Å²) in [4.78, 5) is 10.2. The van der Waals surface area contributed by atoms with Crippen molar-refractivity contribution in [1.29, 1.82) is 0 Å². The summed E-state index contributed by atoms with van der Waals surface area (Å²) < 4.78 is 68.6. The zero-order valence-corrected chi connectivity index (χ0v) is 12.9. The Morgan fingerprint density at radius 2 is 2.04 bits per heavy atom. The van der Waals surface area contributed by atoms with Gasteiger partial charge in [-0.05, 0) is 37.0 Å². The SMILES string of the molecule is O=CCCCS(=O)(=O)NC1(c2ccc(F)c(OC(F)F)c2)CC1. The molecule has 0 aromatic heterocycles. The number of ether oxygens (including phenoxy) is 1. The van der Waals surface area contributed by atoms with Gasteiger partial charge in [-0.3, -0.25) is 0 Å². The number of aldehydes is 1. The van der Waals surface area contributed by atoms with Gasteiger partial charge in [0.2, 0.25) is 10.0 Å². The van der Waals surface area contributed by atoms with Gasteiger partial charge in [-0.1, -0.05) is 6.07 Å². The van der Waals surface area contributed by atoms with Crippen LogP contribution in [0.4, 0.5) is 13.2 Å². The van der Waals surface area contributed by atoms with Gasteiger partial charge in [-0.2, -0.15) is 8.78 Å². The van der Waals surface area contributed by atoms with Gasteiger partial charge in [-0.15, -0.1) is 0 Å². The highest BCUT2D eigenvalue weighted by molar-refractivity contribution is 7.89. The highest BCUT2D eigenvalue weighted by Crippen LogP contribution is 2.47. The standard InChI is InChI=1S/C14H16F3NO4S/c15-11-4-3-10(9-12(11)22-13(16)17)14(5-6-14)18-23(20,21)8-2-1-7-19/h3-4,7,9,13,18H,1-2,5-6,8H2. The number of rotatable bonds is 9. The third-order valence-corrected chi connectivity index (χ3v) is 5.06. The quantitative estimate of drug-likeness (QED) is 0.547. The van der Waals surface area contributed by atoms with E-state index in [2.05, 4.69) is 9.46 Å². The van der Waals surface area contributed by atoms with E-state index in [1.165, 1.54) is 6.07 Å². The number of halogens is 3. The third-order valence-electron chi connectivity index (χ3n) is 3.54. The van der Waals surface area contributed by atoms with Crippen molar-refractivity contribution in [2.45, 2.75) is 37.8 Å². The van der Waals surface area contributed by atoms with Crippen LogP contribution in [-0.4, -0.2) is 27.1 Å². The van der Waals surface area contributed by atoms with Gasteiger partial charge >= 0.3 is 6.61 Å². The van der Waals surface area contributed by atoms with Crippen molar-refractivity contribution in [3.8, 4) is 5.75 Å². The summed E-state index contributed by atoms with van der Waals surface area (Å²) in [6.07, 6.45) is 1.91. The van der Waals surface area contributed by atoms with E-state index in [4.69, 9.17) is 0 Å². The van der Waals surface area contributed by atoms with Crippen LogP contribution in [0.3, 0.4) is 0 Å². The minimum atomic E-state index is -3.63. The number of benzene rings is 1. The van der Waals surface area contributed by atoms with Crippen LogP contribution in [-0.2, 0) is 20.4 Å². The van der Waals surface area contributed by atoms with Crippen molar-refractivity contribution in [3.63, 3.8) is 0 Å². The number of sulfonamides is 1. The Kier molecular flexibility index (Phi) is 5.30. The van der Waals surface area contributed by atoms with Crippen LogP contribution < -0.4 is 9.46 Å². The molecule has 0 spiro atoms. The Hall–Kier alpha value is -1.61. The molecular weight excluding hydrogens is 335 g/mol. The summed E-state index contributed by atoms with van der Waals surface area (Å²) in [5.41, 5.74) is -0.554.